The van der Waals surface area contributed by atoms with Gasteiger partial charge in [-0.1, -0.05) is 13.8 Å². The van der Waals surface area contributed by atoms with Gasteiger partial charge in [-0.15, -0.1) is 0 Å². The molecular formula is C15H26N2O. The second kappa shape index (κ2) is 6.19. The van der Waals surface area contributed by atoms with E-state index in [2.05, 4.69) is 23.3 Å². The zero-order chi connectivity index (χ0) is 13.9. The van der Waals surface area contributed by atoms with Crippen molar-refractivity contribution in [3.8, 4) is 0 Å². The van der Waals surface area contributed by atoms with E-state index in [0.717, 1.165) is 29.8 Å². The number of hydrogen-bond acceptors (Lipinski definition) is 2. The van der Waals surface area contributed by atoms with Crippen LogP contribution >= 0.6 is 0 Å². The van der Waals surface area contributed by atoms with Crippen LogP contribution in [0.5, 0.6) is 0 Å². The van der Waals surface area contributed by atoms with E-state index >= 15 is 0 Å². The van der Waals surface area contributed by atoms with Gasteiger partial charge in [-0.2, -0.15) is 0 Å². The first-order valence-corrected chi connectivity index (χ1v) is 6.78. The number of aromatic nitrogens is 1. The van der Waals surface area contributed by atoms with Crippen LogP contribution in [0.15, 0.2) is 6.07 Å². The van der Waals surface area contributed by atoms with Crippen LogP contribution in [0.2, 0.25) is 0 Å². The number of rotatable bonds is 6. The fraction of sp³-hybridized carbons (Fsp3) is 0.667. The van der Waals surface area contributed by atoms with E-state index in [1.54, 1.807) is 0 Å². The molecule has 0 atom stereocenters. The van der Waals surface area contributed by atoms with E-state index in [1.165, 1.54) is 0 Å². The number of nitrogens with zero attached hydrogens (tertiary/aromatic N) is 2. The van der Waals surface area contributed by atoms with E-state index in [-0.39, 0.29) is 5.78 Å². The molecule has 102 valence electrons. The molecule has 1 rings (SSSR count). The predicted molar refractivity (Wildman–Crippen MR) is 76.2 cm³/mol. The van der Waals surface area contributed by atoms with Gasteiger partial charge in [0.1, 0.15) is 0 Å². The number of ketones is 1. The lowest BCUT2D eigenvalue weighted by Crippen LogP contribution is -2.35. The number of likely N-dealkylation sites (N-methyl/N-ethyl adjacent to an activating group) is 1. The van der Waals surface area contributed by atoms with Crippen molar-refractivity contribution in [3.05, 3.63) is 23.0 Å². The summed E-state index contributed by atoms with van der Waals surface area (Å²) in [5.74, 6) is 0.227. The zero-order valence-corrected chi connectivity index (χ0v) is 12.6. The number of carbonyl (C=O) groups is 1. The van der Waals surface area contributed by atoms with Gasteiger partial charge in [0.25, 0.3) is 0 Å². The highest BCUT2D eigenvalue weighted by molar-refractivity contribution is 5.99. The Labute approximate surface area is 111 Å². The molecule has 3 heteroatoms. The van der Waals surface area contributed by atoms with E-state index < -0.39 is 0 Å². The number of hydrogen-bond donors (Lipinski definition) is 0. The molecule has 0 fully saturated rings. The fourth-order valence-corrected chi connectivity index (χ4v) is 2.49. The molecule has 0 radical (unpaired) electrons. The van der Waals surface area contributed by atoms with Crippen molar-refractivity contribution in [3.63, 3.8) is 0 Å². The molecular weight excluding hydrogens is 224 g/mol. The van der Waals surface area contributed by atoms with Gasteiger partial charge in [0.15, 0.2) is 5.78 Å². The Kier molecular flexibility index (Phi) is 5.15. The normalized spacial score (nSPS) is 11.6. The van der Waals surface area contributed by atoms with Crippen molar-refractivity contribution < 1.29 is 4.79 Å². The summed E-state index contributed by atoms with van der Waals surface area (Å²) in [6.45, 7) is 8.91. The van der Waals surface area contributed by atoms with Crippen LogP contribution in [0.3, 0.4) is 0 Å². The highest BCUT2D eigenvalue weighted by Crippen LogP contribution is 2.15. The molecule has 0 aromatic carbocycles. The van der Waals surface area contributed by atoms with Crippen molar-refractivity contribution in [1.29, 1.82) is 0 Å². The summed E-state index contributed by atoms with van der Waals surface area (Å²) in [6.07, 6.45) is 2.18. The number of Topliss-reactive ketones (excluding diaryl/α,β-unsaturated/α-hetero) is 1. The first kappa shape index (κ1) is 15.0. The fourth-order valence-electron chi connectivity index (χ4n) is 2.49. The van der Waals surface area contributed by atoms with Gasteiger partial charge in [0.2, 0.25) is 0 Å². The van der Waals surface area contributed by atoms with E-state index in [4.69, 9.17) is 0 Å². The first-order chi connectivity index (χ1) is 8.42. The van der Waals surface area contributed by atoms with Gasteiger partial charge in [0, 0.05) is 30.0 Å². The molecule has 0 aliphatic carbocycles. The maximum atomic E-state index is 12.3. The quantitative estimate of drug-likeness (QED) is 0.725. The molecule has 18 heavy (non-hydrogen) atoms. The van der Waals surface area contributed by atoms with E-state index in [9.17, 15) is 4.79 Å². The van der Waals surface area contributed by atoms with Crippen LogP contribution < -0.4 is 0 Å². The van der Waals surface area contributed by atoms with Crippen LogP contribution in [0.1, 0.15) is 48.4 Å². The highest BCUT2D eigenvalue weighted by atomic mass is 16.1. The minimum Gasteiger partial charge on any atom is -0.351 e. The average molecular weight is 250 g/mol. The molecule has 0 saturated carbocycles. The van der Waals surface area contributed by atoms with Gasteiger partial charge in [-0.05, 0) is 39.8 Å². The van der Waals surface area contributed by atoms with Gasteiger partial charge in [0.05, 0.1) is 6.54 Å². The lowest BCUT2D eigenvalue weighted by atomic mass is 10.1. The van der Waals surface area contributed by atoms with Gasteiger partial charge >= 0.3 is 0 Å². The molecule has 3 nitrogen and oxygen atoms in total. The smallest absolute Gasteiger partial charge is 0.178 e. The first-order valence-electron chi connectivity index (χ1n) is 6.78. The van der Waals surface area contributed by atoms with Crippen LogP contribution in [0, 0.1) is 13.8 Å². The summed E-state index contributed by atoms with van der Waals surface area (Å²) >= 11 is 0. The molecule has 0 unspecified atom stereocenters. The van der Waals surface area contributed by atoms with Crippen molar-refractivity contribution in [2.24, 2.45) is 7.05 Å². The third kappa shape index (κ3) is 3.02. The summed E-state index contributed by atoms with van der Waals surface area (Å²) in [5.41, 5.74) is 3.07. The monoisotopic (exact) mass is 250 g/mol. The Hall–Kier alpha value is -1.09. The lowest BCUT2D eigenvalue weighted by Gasteiger charge is -2.25. The molecule has 1 aromatic rings. The molecule has 1 heterocycles. The average Bonchev–Trinajstić information content (AvgIpc) is 2.58. The van der Waals surface area contributed by atoms with Gasteiger partial charge in [-0.3, -0.25) is 9.69 Å². The SMILES string of the molecule is CCC(CC)N(C)CC(=O)c1cc(C)n(C)c1C. The van der Waals surface area contributed by atoms with Crippen molar-refractivity contribution in [1.82, 2.24) is 9.47 Å². The van der Waals surface area contributed by atoms with Crippen LogP contribution in [-0.4, -0.2) is 34.9 Å². The summed E-state index contributed by atoms with van der Waals surface area (Å²) in [5, 5.41) is 0. The third-order valence-electron chi connectivity index (χ3n) is 4.03. The van der Waals surface area contributed by atoms with Gasteiger partial charge < -0.3 is 4.57 Å². The third-order valence-corrected chi connectivity index (χ3v) is 4.03. The number of carbonyl (C=O) groups excluding carboxylic acids is 1. The molecule has 0 bridgehead atoms. The van der Waals surface area contributed by atoms with Crippen LogP contribution in [0.4, 0.5) is 0 Å². The Morgan fingerprint density at radius 3 is 2.28 bits per heavy atom. The topological polar surface area (TPSA) is 25.2 Å². The summed E-state index contributed by atoms with van der Waals surface area (Å²) < 4.78 is 2.07. The lowest BCUT2D eigenvalue weighted by molar-refractivity contribution is 0.0915. The molecule has 0 spiro atoms. The maximum absolute atomic E-state index is 12.3. The second-order valence-corrected chi connectivity index (χ2v) is 5.15. The summed E-state index contributed by atoms with van der Waals surface area (Å²) in [7, 11) is 4.05. The molecule has 0 aliphatic heterocycles. The van der Waals surface area contributed by atoms with Crippen molar-refractivity contribution in [2.45, 2.75) is 46.6 Å². The second-order valence-electron chi connectivity index (χ2n) is 5.15. The minimum atomic E-state index is 0.227. The van der Waals surface area contributed by atoms with Crippen molar-refractivity contribution in [2.75, 3.05) is 13.6 Å². The highest BCUT2D eigenvalue weighted by Gasteiger charge is 2.18. The van der Waals surface area contributed by atoms with Crippen LogP contribution in [0.25, 0.3) is 0 Å². The Balaban J connectivity index is 2.79. The predicted octanol–water partition coefficient (Wildman–Crippen LogP) is 2.95. The Morgan fingerprint density at radius 1 is 1.33 bits per heavy atom. The molecule has 0 N–H and O–H groups in total. The Bertz CT molecular complexity index is 416. The molecule has 0 amide bonds. The molecule has 0 aliphatic rings. The summed E-state index contributed by atoms with van der Waals surface area (Å²) in [6, 6.07) is 2.50. The summed E-state index contributed by atoms with van der Waals surface area (Å²) in [4.78, 5) is 14.5. The minimum absolute atomic E-state index is 0.227. The van der Waals surface area contributed by atoms with E-state index in [0.29, 0.717) is 12.6 Å². The molecule has 0 saturated heterocycles. The standard InChI is InChI=1S/C15H26N2O/c1-7-13(8-2)16(5)10-15(18)14-9-11(3)17(6)12(14)4/h9,13H,7-8,10H2,1-6H3. The van der Waals surface area contributed by atoms with Crippen LogP contribution in [-0.2, 0) is 7.05 Å². The van der Waals surface area contributed by atoms with Crippen molar-refractivity contribution >= 4 is 5.78 Å². The zero-order valence-electron chi connectivity index (χ0n) is 12.6. The maximum Gasteiger partial charge on any atom is 0.178 e. The largest absolute Gasteiger partial charge is 0.351 e. The Morgan fingerprint density at radius 2 is 1.89 bits per heavy atom. The molecule has 1 aromatic heterocycles. The van der Waals surface area contributed by atoms with Gasteiger partial charge in [-0.25, -0.2) is 0 Å². The number of aryl methyl sites for hydroxylation is 1. The van der Waals surface area contributed by atoms with E-state index in [1.807, 2.05) is 34.0 Å².